The summed E-state index contributed by atoms with van der Waals surface area (Å²) in [6.45, 7) is 0.0272. The van der Waals surface area contributed by atoms with Crippen molar-refractivity contribution in [1.29, 1.82) is 0 Å². The highest BCUT2D eigenvalue weighted by molar-refractivity contribution is 6.17. The normalized spacial score (nSPS) is 9.27. The van der Waals surface area contributed by atoms with Gasteiger partial charge in [0.25, 0.3) is 0 Å². The Kier molecular flexibility index (Phi) is 2.95. The van der Waals surface area contributed by atoms with Crippen molar-refractivity contribution in [2.24, 2.45) is 0 Å². The molecule has 0 unspecified atom stereocenters. The van der Waals surface area contributed by atoms with Crippen LogP contribution in [0.4, 0.5) is 0 Å². The van der Waals surface area contributed by atoms with Crippen molar-refractivity contribution in [3.63, 3.8) is 0 Å². The number of aliphatic hydroxyl groups is 1. The van der Waals surface area contributed by atoms with Crippen LogP contribution in [0.3, 0.4) is 0 Å². The van der Waals surface area contributed by atoms with Gasteiger partial charge in [-0.1, -0.05) is 12.1 Å². The summed E-state index contributed by atoms with van der Waals surface area (Å²) in [7, 11) is -0.321. The predicted octanol–water partition coefficient (Wildman–Crippen LogP) is -0.183. The van der Waals surface area contributed by atoms with Crippen LogP contribution in [-0.4, -0.2) is 17.8 Å². The highest BCUT2D eigenvalue weighted by Crippen LogP contribution is 2.10. The number of hydrogen-bond donors (Lipinski definition) is 2. The Balaban J connectivity index is 2.66. The van der Waals surface area contributed by atoms with Crippen LogP contribution in [0.2, 0.25) is 0 Å². The lowest BCUT2D eigenvalue weighted by Crippen LogP contribution is -1.99. The summed E-state index contributed by atoms with van der Waals surface area (Å²) in [4.78, 5) is 0. The standard InChI is InChI=1S/C7H9BO3/c9-5-6-1-3-7(4-2-6)11-8-10/h1-4,8-10H,5H2. The molecule has 0 fully saturated rings. The molecule has 0 aliphatic rings. The van der Waals surface area contributed by atoms with Gasteiger partial charge in [-0.15, -0.1) is 0 Å². The molecule has 0 spiro atoms. The van der Waals surface area contributed by atoms with Gasteiger partial charge < -0.3 is 14.8 Å². The number of benzene rings is 1. The average Bonchev–Trinajstić information content (AvgIpc) is 2.07. The summed E-state index contributed by atoms with van der Waals surface area (Å²) in [5.41, 5.74) is 0.829. The van der Waals surface area contributed by atoms with E-state index in [1.54, 1.807) is 24.3 Å². The van der Waals surface area contributed by atoms with Gasteiger partial charge in [-0.05, 0) is 17.7 Å². The van der Waals surface area contributed by atoms with Crippen molar-refractivity contribution in [3.05, 3.63) is 29.8 Å². The van der Waals surface area contributed by atoms with E-state index in [-0.39, 0.29) is 14.3 Å². The minimum atomic E-state index is -0.321. The fourth-order valence-electron chi connectivity index (χ4n) is 0.766. The molecule has 58 valence electrons. The van der Waals surface area contributed by atoms with Crippen LogP contribution >= 0.6 is 0 Å². The molecule has 0 atom stereocenters. The molecule has 1 aromatic rings. The van der Waals surface area contributed by atoms with Crippen LogP contribution in [0.1, 0.15) is 5.56 Å². The molecule has 0 heterocycles. The van der Waals surface area contributed by atoms with Crippen LogP contribution in [0.5, 0.6) is 5.75 Å². The number of rotatable bonds is 3. The van der Waals surface area contributed by atoms with E-state index >= 15 is 0 Å². The Morgan fingerprint density at radius 3 is 2.36 bits per heavy atom. The molecule has 11 heavy (non-hydrogen) atoms. The first-order chi connectivity index (χ1) is 5.36. The summed E-state index contributed by atoms with van der Waals surface area (Å²) in [5, 5.41) is 17.0. The second kappa shape index (κ2) is 4.00. The van der Waals surface area contributed by atoms with E-state index in [1.165, 1.54) is 0 Å². The zero-order valence-corrected chi connectivity index (χ0v) is 6.03. The first-order valence-corrected chi connectivity index (χ1v) is 3.30. The molecule has 0 bridgehead atoms. The molecule has 0 aliphatic carbocycles. The number of aliphatic hydroxyl groups excluding tert-OH is 1. The Labute approximate surface area is 65.6 Å². The van der Waals surface area contributed by atoms with Gasteiger partial charge in [-0.2, -0.15) is 0 Å². The Bertz CT molecular complexity index is 209. The minimum absolute atomic E-state index is 0.0272. The first kappa shape index (κ1) is 8.10. The molecule has 2 N–H and O–H groups in total. The maximum atomic E-state index is 8.67. The Morgan fingerprint density at radius 2 is 1.91 bits per heavy atom. The van der Waals surface area contributed by atoms with Crippen LogP contribution in [0, 0.1) is 0 Å². The predicted molar refractivity (Wildman–Crippen MR) is 42.4 cm³/mol. The average molecular weight is 152 g/mol. The molecule has 0 saturated heterocycles. The van der Waals surface area contributed by atoms with Crippen molar-refractivity contribution < 1.29 is 14.8 Å². The lowest BCUT2D eigenvalue weighted by Gasteiger charge is -2.01. The van der Waals surface area contributed by atoms with Crippen molar-refractivity contribution in [2.45, 2.75) is 6.61 Å². The fraction of sp³-hybridized carbons (Fsp3) is 0.143. The van der Waals surface area contributed by atoms with E-state index in [9.17, 15) is 0 Å². The van der Waals surface area contributed by atoms with Crippen molar-refractivity contribution >= 4 is 7.69 Å². The third kappa shape index (κ3) is 2.25. The molecule has 0 aliphatic heterocycles. The van der Waals surface area contributed by atoms with Gasteiger partial charge >= 0.3 is 7.69 Å². The molecule has 0 saturated carbocycles. The smallest absolute Gasteiger partial charge is 0.504 e. The molecule has 4 heteroatoms. The molecule has 0 amide bonds. The van der Waals surface area contributed by atoms with Gasteiger partial charge in [-0.25, -0.2) is 0 Å². The maximum Gasteiger partial charge on any atom is 0.504 e. The van der Waals surface area contributed by atoms with E-state index in [4.69, 9.17) is 14.8 Å². The molecule has 3 nitrogen and oxygen atoms in total. The molecule has 1 aromatic carbocycles. The summed E-state index contributed by atoms with van der Waals surface area (Å²) >= 11 is 0. The summed E-state index contributed by atoms with van der Waals surface area (Å²) in [6, 6.07) is 6.87. The van der Waals surface area contributed by atoms with E-state index in [0.29, 0.717) is 5.75 Å². The lowest BCUT2D eigenvalue weighted by molar-refractivity contribution is 0.282. The first-order valence-electron chi connectivity index (χ1n) is 3.30. The monoisotopic (exact) mass is 152 g/mol. The van der Waals surface area contributed by atoms with Crippen LogP contribution in [-0.2, 0) is 6.61 Å². The maximum absolute atomic E-state index is 8.67. The summed E-state index contributed by atoms with van der Waals surface area (Å²) in [5.74, 6) is 0.602. The fourth-order valence-corrected chi connectivity index (χ4v) is 0.766. The third-order valence-corrected chi connectivity index (χ3v) is 1.34. The van der Waals surface area contributed by atoms with Crippen molar-refractivity contribution in [2.75, 3.05) is 0 Å². The lowest BCUT2D eigenvalue weighted by atomic mass is 10.2. The zero-order chi connectivity index (χ0) is 8.10. The van der Waals surface area contributed by atoms with E-state index < -0.39 is 0 Å². The van der Waals surface area contributed by atoms with Crippen molar-refractivity contribution in [1.82, 2.24) is 0 Å². The zero-order valence-electron chi connectivity index (χ0n) is 6.03. The Morgan fingerprint density at radius 1 is 1.27 bits per heavy atom. The highest BCUT2D eigenvalue weighted by atomic mass is 16.5. The largest absolute Gasteiger partial charge is 0.539 e. The van der Waals surface area contributed by atoms with Gasteiger partial charge in [-0.3, -0.25) is 0 Å². The van der Waals surface area contributed by atoms with Crippen LogP contribution in [0.25, 0.3) is 0 Å². The quantitative estimate of drug-likeness (QED) is 0.590. The topological polar surface area (TPSA) is 49.7 Å². The van der Waals surface area contributed by atoms with E-state index in [2.05, 4.69) is 0 Å². The Hall–Kier alpha value is -0.995. The van der Waals surface area contributed by atoms with Crippen LogP contribution in [0.15, 0.2) is 24.3 Å². The third-order valence-electron chi connectivity index (χ3n) is 1.34. The van der Waals surface area contributed by atoms with E-state index in [0.717, 1.165) is 5.56 Å². The minimum Gasteiger partial charge on any atom is -0.539 e. The van der Waals surface area contributed by atoms with Gasteiger partial charge in [0, 0.05) is 0 Å². The van der Waals surface area contributed by atoms with Crippen molar-refractivity contribution in [3.8, 4) is 5.75 Å². The second-order valence-electron chi connectivity index (χ2n) is 2.08. The molecular formula is C7H9BO3. The molecule has 0 aromatic heterocycles. The summed E-state index contributed by atoms with van der Waals surface area (Å²) < 4.78 is 4.78. The van der Waals surface area contributed by atoms with Gasteiger partial charge in [0.1, 0.15) is 5.75 Å². The highest BCUT2D eigenvalue weighted by Gasteiger charge is 1.92. The molecule has 1 rings (SSSR count). The SMILES string of the molecule is OBOc1ccc(CO)cc1. The molecular weight excluding hydrogens is 143 g/mol. The van der Waals surface area contributed by atoms with Gasteiger partial charge in [0.05, 0.1) is 6.61 Å². The number of hydrogen-bond acceptors (Lipinski definition) is 3. The summed E-state index contributed by atoms with van der Waals surface area (Å²) in [6.07, 6.45) is 0. The van der Waals surface area contributed by atoms with Crippen LogP contribution < -0.4 is 4.65 Å². The van der Waals surface area contributed by atoms with Gasteiger partial charge in [0.2, 0.25) is 0 Å². The van der Waals surface area contributed by atoms with Gasteiger partial charge in [0.15, 0.2) is 0 Å². The molecule has 0 radical (unpaired) electrons. The second-order valence-corrected chi connectivity index (χ2v) is 2.08. The van der Waals surface area contributed by atoms with E-state index in [1.807, 2.05) is 0 Å².